The highest BCUT2D eigenvalue weighted by Crippen LogP contribution is 2.30. The summed E-state index contributed by atoms with van der Waals surface area (Å²) in [6, 6.07) is 12.6. The zero-order valence-corrected chi connectivity index (χ0v) is 19.7. The molecule has 2 aliphatic rings. The van der Waals surface area contributed by atoms with E-state index in [-0.39, 0.29) is 16.5 Å². The van der Waals surface area contributed by atoms with Crippen molar-refractivity contribution in [2.75, 3.05) is 30.6 Å². The minimum atomic E-state index is -2.12. The van der Waals surface area contributed by atoms with Gasteiger partial charge in [0.2, 0.25) is 5.91 Å². The van der Waals surface area contributed by atoms with Gasteiger partial charge in [-0.3, -0.25) is 4.79 Å². The second-order valence-electron chi connectivity index (χ2n) is 7.95. The van der Waals surface area contributed by atoms with Crippen LogP contribution >= 0.6 is 23.5 Å². The third-order valence-electron chi connectivity index (χ3n) is 5.75. The normalized spacial score (nSPS) is 18.6. The van der Waals surface area contributed by atoms with E-state index in [0.29, 0.717) is 19.4 Å². The molecule has 0 spiro atoms. The van der Waals surface area contributed by atoms with Gasteiger partial charge in [-0.2, -0.15) is 0 Å². The molecule has 2 aromatic rings. The first-order chi connectivity index (χ1) is 15.3. The lowest BCUT2D eigenvalue weighted by molar-refractivity contribution is -0.141. The minimum Gasteiger partial charge on any atom is -0.376 e. The van der Waals surface area contributed by atoms with Gasteiger partial charge in [0, 0.05) is 35.5 Å². The van der Waals surface area contributed by atoms with Crippen LogP contribution in [0.1, 0.15) is 42.7 Å². The zero-order valence-electron chi connectivity index (χ0n) is 18.1. The number of likely N-dealkylation sites (tertiary alicyclic amines) is 1. The first-order valence-corrected chi connectivity index (χ1v) is 12.3. The van der Waals surface area contributed by atoms with Gasteiger partial charge in [-0.15, -0.1) is 0 Å². The summed E-state index contributed by atoms with van der Waals surface area (Å²) in [6.07, 6.45) is 5.51. The van der Waals surface area contributed by atoms with E-state index in [1.807, 2.05) is 6.26 Å². The number of carbonyl (C=O) groups excluding carboxylic acids is 1. The zero-order chi connectivity index (χ0) is 23.1. The molecule has 0 saturated carbocycles. The number of carbonyl (C=O) groups is 1. The Balaban J connectivity index is 0.000000182. The molecule has 1 unspecified atom stereocenters. The molecule has 2 radical (unpaired) electrons. The van der Waals surface area contributed by atoms with Gasteiger partial charge in [-0.05, 0) is 68.1 Å². The highest BCUT2D eigenvalue weighted by Gasteiger charge is 2.38. The fourth-order valence-electron chi connectivity index (χ4n) is 4.04. The number of hydrogen-bond acceptors (Lipinski definition) is 5. The van der Waals surface area contributed by atoms with Crippen molar-refractivity contribution in [3.63, 3.8) is 0 Å². The second-order valence-corrected chi connectivity index (χ2v) is 9.00. The van der Waals surface area contributed by atoms with Gasteiger partial charge in [-0.25, -0.2) is 4.39 Å². The molecule has 2 aromatic carbocycles. The Labute approximate surface area is 199 Å². The van der Waals surface area contributed by atoms with Crippen LogP contribution in [0.3, 0.4) is 0 Å². The van der Waals surface area contributed by atoms with E-state index in [4.69, 9.17) is 19.4 Å². The predicted molar refractivity (Wildman–Crippen MR) is 130 cm³/mol. The maximum atomic E-state index is 13.7. The lowest BCUT2D eigenvalue weighted by atomic mass is 9.82. The highest BCUT2D eigenvalue weighted by atomic mass is 35.5. The number of aliphatic hydroxyl groups is 1. The van der Waals surface area contributed by atoms with E-state index in [0.717, 1.165) is 30.0 Å². The SMILES string of the molecule is CSNc1ccc(C2CCNCC2)cc1.[B]C(O)(c1ccc(Cl)cc1F)N1CCCC1=O. The van der Waals surface area contributed by atoms with Crippen molar-refractivity contribution in [3.8, 4) is 0 Å². The summed E-state index contributed by atoms with van der Waals surface area (Å²) < 4.78 is 16.9. The molecule has 2 aliphatic heterocycles. The third-order valence-corrected chi connectivity index (χ3v) is 6.43. The molecule has 32 heavy (non-hydrogen) atoms. The molecule has 9 heteroatoms. The largest absolute Gasteiger partial charge is 0.376 e. The predicted octanol–water partition coefficient (Wildman–Crippen LogP) is 4.22. The molecule has 2 saturated heterocycles. The maximum Gasteiger partial charge on any atom is 0.224 e. The van der Waals surface area contributed by atoms with Gasteiger partial charge in [0.15, 0.2) is 7.85 Å². The number of nitrogens with zero attached hydrogens (tertiary/aromatic N) is 1. The summed E-state index contributed by atoms with van der Waals surface area (Å²) in [7, 11) is 5.66. The summed E-state index contributed by atoms with van der Waals surface area (Å²) in [5, 5.41) is 13.7. The summed E-state index contributed by atoms with van der Waals surface area (Å²) in [4.78, 5) is 12.6. The molecular weight excluding hydrogens is 448 g/mol. The number of amides is 1. The van der Waals surface area contributed by atoms with Crippen LogP contribution in [0.15, 0.2) is 42.5 Å². The summed E-state index contributed by atoms with van der Waals surface area (Å²) in [6.45, 7) is 2.64. The number of rotatable bonds is 5. The molecule has 0 aliphatic carbocycles. The molecule has 5 nitrogen and oxygen atoms in total. The van der Waals surface area contributed by atoms with Crippen LogP contribution in [0, 0.1) is 5.82 Å². The minimum absolute atomic E-state index is 0.155. The van der Waals surface area contributed by atoms with Gasteiger partial charge in [0.1, 0.15) is 11.4 Å². The van der Waals surface area contributed by atoms with Gasteiger partial charge < -0.3 is 20.0 Å². The van der Waals surface area contributed by atoms with Crippen molar-refractivity contribution >= 4 is 43.0 Å². The molecular formula is C23H28BClFN3O2S. The van der Waals surface area contributed by atoms with E-state index in [2.05, 4.69) is 34.3 Å². The Morgan fingerprint density at radius 2 is 1.94 bits per heavy atom. The van der Waals surface area contributed by atoms with Gasteiger partial charge in [0.25, 0.3) is 0 Å². The lowest BCUT2D eigenvalue weighted by Gasteiger charge is -2.35. The Bertz CT molecular complexity index is 911. The van der Waals surface area contributed by atoms with Gasteiger partial charge >= 0.3 is 0 Å². The number of anilines is 1. The summed E-state index contributed by atoms with van der Waals surface area (Å²) in [5.74, 6) is -0.263. The van der Waals surface area contributed by atoms with Crippen LogP contribution in [0.25, 0.3) is 0 Å². The average molecular weight is 476 g/mol. The molecule has 4 rings (SSSR count). The van der Waals surface area contributed by atoms with E-state index in [9.17, 15) is 14.3 Å². The maximum absolute atomic E-state index is 13.7. The topological polar surface area (TPSA) is 64.6 Å². The highest BCUT2D eigenvalue weighted by molar-refractivity contribution is 7.99. The van der Waals surface area contributed by atoms with E-state index >= 15 is 0 Å². The van der Waals surface area contributed by atoms with Crippen LogP contribution in [0.5, 0.6) is 0 Å². The number of nitrogens with one attached hydrogen (secondary N) is 2. The molecule has 3 N–H and O–H groups in total. The first kappa shape index (κ1) is 24.9. The van der Waals surface area contributed by atoms with Crippen molar-refractivity contribution in [1.29, 1.82) is 0 Å². The molecule has 2 fully saturated rings. The molecule has 1 atom stereocenters. The fraction of sp³-hybridized carbons (Fsp3) is 0.435. The van der Waals surface area contributed by atoms with Crippen LogP contribution in [-0.2, 0) is 10.4 Å². The summed E-state index contributed by atoms with van der Waals surface area (Å²) >= 11 is 7.25. The Morgan fingerprint density at radius 3 is 2.50 bits per heavy atom. The van der Waals surface area contributed by atoms with Crippen LogP contribution in [0.2, 0.25) is 5.02 Å². The van der Waals surface area contributed by atoms with Crippen molar-refractivity contribution in [1.82, 2.24) is 10.2 Å². The third kappa shape index (κ3) is 6.19. The standard InChI is InChI=1S/C12H18N2S.C11H10BClFNO2/c1-15-14-12-4-2-10(3-5-12)11-6-8-13-9-7-11;12-11(17,15-5-1-2-10(15)16)8-4-3-7(13)6-9(8)14/h2-5,11,13-14H,6-9H2,1H3;3-4,6,17H,1-2,5H2. The number of hydrogen-bond donors (Lipinski definition) is 3. The monoisotopic (exact) mass is 475 g/mol. The Morgan fingerprint density at radius 1 is 1.25 bits per heavy atom. The van der Waals surface area contributed by atoms with Crippen LogP contribution in [0.4, 0.5) is 10.1 Å². The van der Waals surface area contributed by atoms with Crippen molar-refractivity contribution in [2.45, 2.75) is 37.2 Å². The van der Waals surface area contributed by atoms with Gasteiger partial charge in [0.05, 0.1) is 0 Å². The molecule has 2 heterocycles. The fourth-order valence-corrected chi connectivity index (χ4v) is 4.57. The van der Waals surface area contributed by atoms with E-state index in [1.165, 1.54) is 36.2 Å². The second kappa shape index (κ2) is 11.4. The Kier molecular flexibility index (Phi) is 8.88. The van der Waals surface area contributed by atoms with Crippen LogP contribution in [-0.4, -0.2) is 49.6 Å². The number of halogens is 2. The van der Waals surface area contributed by atoms with Crippen molar-refractivity contribution in [3.05, 3.63) is 64.4 Å². The Hall–Kier alpha value is -1.74. The molecule has 0 aromatic heterocycles. The smallest absolute Gasteiger partial charge is 0.224 e. The van der Waals surface area contributed by atoms with E-state index < -0.39 is 11.4 Å². The first-order valence-electron chi connectivity index (χ1n) is 10.7. The van der Waals surface area contributed by atoms with Gasteiger partial charge in [-0.1, -0.05) is 41.7 Å². The van der Waals surface area contributed by atoms with Crippen LogP contribution < -0.4 is 10.0 Å². The van der Waals surface area contributed by atoms with Crippen molar-refractivity contribution in [2.24, 2.45) is 0 Å². The lowest BCUT2D eigenvalue weighted by Crippen LogP contribution is -2.48. The van der Waals surface area contributed by atoms with E-state index in [1.54, 1.807) is 11.9 Å². The summed E-state index contributed by atoms with van der Waals surface area (Å²) in [5.41, 5.74) is 0.405. The molecule has 170 valence electrons. The van der Waals surface area contributed by atoms with Crippen molar-refractivity contribution < 1.29 is 14.3 Å². The average Bonchev–Trinajstić information content (AvgIpc) is 3.22. The number of piperidine rings is 1. The quantitative estimate of drug-likeness (QED) is 0.446. The number of benzene rings is 2. The molecule has 0 bridgehead atoms. The molecule has 1 amide bonds.